The fourth-order valence-corrected chi connectivity index (χ4v) is 3.00. The zero-order valence-electron chi connectivity index (χ0n) is 15.4. The van der Waals surface area contributed by atoms with E-state index in [0.717, 1.165) is 12.0 Å². The van der Waals surface area contributed by atoms with Crippen molar-refractivity contribution < 1.29 is 46.2 Å². The predicted octanol–water partition coefficient (Wildman–Crippen LogP) is -0.0498. The largest absolute Gasteiger partial charge is 0.463 e. The van der Waals surface area contributed by atoms with Crippen molar-refractivity contribution in [2.45, 2.75) is 33.3 Å². The molecule has 0 rings (SSSR count). The van der Waals surface area contributed by atoms with Gasteiger partial charge in [-0.05, 0) is 27.2 Å². The Bertz CT molecular complexity index is 564. The molecule has 0 spiro atoms. The molecule has 0 atom stereocenters. The molecular formula is C14H25NO10S2. The Hall–Kier alpha value is -1.41. The molecule has 0 heterocycles. The highest BCUT2D eigenvalue weighted by Gasteiger charge is 2.15. The first-order chi connectivity index (χ1) is 12.7. The highest BCUT2D eigenvalue weighted by atomic mass is 32.2. The van der Waals surface area contributed by atoms with E-state index in [2.05, 4.69) is 14.2 Å². The first kappa shape index (κ1) is 25.6. The molecular weight excluding hydrogens is 406 g/mol. The Morgan fingerprint density at radius 1 is 1.00 bits per heavy atom. The van der Waals surface area contributed by atoms with Gasteiger partial charge in [-0.15, -0.1) is 0 Å². The number of rotatable bonds is 15. The Morgan fingerprint density at radius 2 is 1.59 bits per heavy atom. The van der Waals surface area contributed by atoms with Gasteiger partial charge < -0.3 is 14.2 Å². The van der Waals surface area contributed by atoms with Gasteiger partial charge in [0, 0.05) is 17.8 Å². The van der Waals surface area contributed by atoms with Crippen LogP contribution in [0.25, 0.3) is 0 Å². The van der Waals surface area contributed by atoms with Crippen LogP contribution in [0.3, 0.4) is 0 Å². The Kier molecular flexibility index (Phi) is 13.9. The lowest BCUT2D eigenvalue weighted by Crippen LogP contribution is -2.33. The minimum Gasteiger partial charge on any atom is -0.463 e. The summed E-state index contributed by atoms with van der Waals surface area (Å²) in [5.41, 5.74) is 0. The summed E-state index contributed by atoms with van der Waals surface area (Å²) in [6, 6.07) is 0. The van der Waals surface area contributed by atoms with E-state index in [1.807, 2.05) is 4.72 Å². The van der Waals surface area contributed by atoms with Crippen molar-refractivity contribution in [2.24, 2.45) is 0 Å². The maximum atomic E-state index is 11.7. The first-order valence-electron chi connectivity index (χ1n) is 8.05. The molecule has 27 heavy (non-hydrogen) atoms. The van der Waals surface area contributed by atoms with Gasteiger partial charge in [-0.3, -0.25) is 4.79 Å². The molecule has 0 aliphatic heterocycles. The molecule has 0 amide bonds. The third-order valence-corrected chi connectivity index (χ3v) is 4.40. The van der Waals surface area contributed by atoms with Gasteiger partial charge in [-0.2, -0.15) is 4.33 Å². The maximum absolute atomic E-state index is 11.7. The van der Waals surface area contributed by atoms with E-state index in [1.165, 1.54) is 0 Å². The molecule has 0 unspecified atom stereocenters. The van der Waals surface area contributed by atoms with Gasteiger partial charge in [-0.1, -0.05) is 0 Å². The summed E-state index contributed by atoms with van der Waals surface area (Å²) in [7, 11) is -3.68. The second-order valence-corrected chi connectivity index (χ2v) is 7.86. The van der Waals surface area contributed by atoms with Gasteiger partial charge in [-0.25, -0.2) is 27.6 Å². The summed E-state index contributed by atoms with van der Waals surface area (Å²) in [6.45, 7) is 3.33. The summed E-state index contributed by atoms with van der Waals surface area (Å²) >= 11 is 0.977. The van der Waals surface area contributed by atoms with Crippen LogP contribution in [-0.4, -0.2) is 70.3 Å². The minimum atomic E-state index is -3.68. The van der Waals surface area contributed by atoms with Crippen LogP contribution >= 0.6 is 12.0 Å². The first-order valence-corrected chi connectivity index (χ1v) is 10.6. The fraction of sp³-hybridized carbons (Fsp3) is 0.786. The number of hydrogen-bond donors (Lipinski definition) is 1. The lowest BCUT2D eigenvalue weighted by atomic mass is 10.5. The molecule has 13 heteroatoms. The van der Waals surface area contributed by atoms with Crippen LogP contribution in [0.2, 0.25) is 0 Å². The van der Waals surface area contributed by atoms with Gasteiger partial charge in [0.2, 0.25) is 10.0 Å². The van der Waals surface area contributed by atoms with Crippen LogP contribution in [0.1, 0.15) is 27.2 Å². The van der Waals surface area contributed by atoms with Gasteiger partial charge in [0.25, 0.3) is 0 Å². The number of ether oxygens (including phenoxy) is 3. The van der Waals surface area contributed by atoms with Crippen molar-refractivity contribution in [1.29, 1.82) is 0 Å². The molecule has 158 valence electrons. The summed E-state index contributed by atoms with van der Waals surface area (Å²) in [5.74, 6) is -2.50. The predicted molar refractivity (Wildman–Crippen MR) is 94.7 cm³/mol. The third kappa shape index (κ3) is 16.5. The van der Waals surface area contributed by atoms with Crippen LogP contribution in [0, 0.1) is 0 Å². The monoisotopic (exact) mass is 431 g/mol. The molecule has 0 aromatic carbocycles. The molecule has 0 radical (unpaired) electrons. The lowest BCUT2D eigenvalue weighted by Gasteiger charge is -2.08. The van der Waals surface area contributed by atoms with Crippen LogP contribution < -0.4 is 4.72 Å². The molecule has 0 saturated carbocycles. The van der Waals surface area contributed by atoms with Gasteiger partial charge >= 0.3 is 17.9 Å². The number of carbonyl (C=O) groups is 3. The maximum Gasteiger partial charge on any atom is 0.344 e. The SMILES string of the molecule is CCOC(=O)COC(=O)COC(=O)CNS(=O)(=O)CCCSOOC(C)C. The standard InChI is InChI=1S/C14H25NO10S2/c1-4-21-13(17)9-23-14(18)10-22-12(16)8-15-27(19,20)7-5-6-26-25-24-11(2)3/h11,15H,4-10H2,1-3H3. The second kappa shape index (κ2) is 14.6. The Balaban J connectivity index is 3.85. The molecule has 0 bridgehead atoms. The van der Waals surface area contributed by atoms with Crippen LogP contribution in [0.4, 0.5) is 0 Å². The van der Waals surface area contributed by atoms with Crippen molar-refractivity contribution in [1.82, 2.24) is 4.72 Å². The third-order valence-electron chi connectivity index (χ3n) is 2.36. The minimum absolute atomic E-state index is 0.101. The quantitative estimate of drug-likeness (QED) is 0.0930. The number of carbonyl (C=O) groups excluding carboxylic acids is 3. The number of hydrogen-bond acceptors (Lipinski definition) is 11. The number of sulfonamides is 1. The Labute approximate surface area is 162 Å². The second-order valence-electron chi connectivity index (χ2n) is 5.15. The van der Waals surface area contributed by atoms with E-state index in [0.29, 0.717) is 5.75 Å². The zero-order chi connectivity index (χ0) is 20.7. The molecule has 0 aliphatic rings. The van der Waals surface area contributed by atoms with E-state index in [4.69, 9.17) is 9.22 Å². The molecule has 0 aliphatic carbocycles. The average Bonchev–Trinajstić information content (AvgIpc) is 2.59. The van der Waals surface area contributed by atoms with Gasteiger partial charge in [0.15, 0.2) is 13.2 Å². The normalized spacial score (nSPS) is 11.3. The fourth-order valence-electron chi connectivity index (χ4n) is 1.26. The smallest absolute Gasteiger partial charge is 0.344 e. The Morgan fingerprint density at radius 3 is 2.19 bits per heavy atom. The molecule has 1 N–H and O–H groups in total. The summed E-state index contributed by atoms with van der Waals surface area (Å²) in [5, 5.41) is 0. The van der Waals surface area contributed by atoms with E-state index in [1.54, 1.807) is 20.8 Å². The van der Waals surface area contributed by atoms with E-state index in [-0.39, 0.29) is 24.9 Å². The zero-order valence-corrected chi connectivity index (χ0v) is 17.1. The van der Waals surface area contributed by atoms with Crippen molar-refractivity contribution >= 4 is 40.0 Å². The molecule has 0 saturated heterocycles. The molecule has 0 fully saturated rings. The number of nitrogens with one attached hydrogen (secondary N) is 1. The average molecular weight is 431 g/mol. The topological polar surface area (TPSA) is 144 Å². The molecule has 11 nitrogen and oxygen atoms in total. The molecule has 0 aromatic heterocycles. The van der Waals surface area contributed by atoms with Crippen molar-refractivity contribution in [3.63, 3.8) is 0 Å². The van der Waals surface area contributed by atoms with Crippen LogP contribution in [0.5, 0.6) is 0 Å². The van der Waals surface area contributed by atoms with Crippen molar-refractivity contribution in [3.8, 4) is 0 Å². The summed E-state index contributed by atoms with van der Waals surface area (Å²) in [4.78, 5) is 38.5. The van der Waals surface area contributed by atoms with E-state index < -0.39 is 47.7 Å². The lowest BCUT2D eigenvalue weighted by molar-refractivity contribution is -0.220. The highest BCUT2D eigenvalue weighted by Crippen LogP contribution is 2.07. The van der Waals surface area contributed by atoms with E-state index in [9.17, 15) is 22.8 Å². The number of esters is 3. The van der Waals surface area contributed by atoms with Gasteiger partial charge in [0.1, 0.15) is 6.54 Å². The van der Waals surface area contributed by atoms with Crippen LogP contribution in [-0.2, 0) is 47.8 Å². The summed E-state index contributed by atoms with van der Waals surface area (Å²) in [6.07, 6.45) is 0.174. The van der Waals surface area contributed by atoms with Crippen molar-refractivity contribution in [3.05, 3.63) is 0 Å². The van der Waals surface area contributed by atoms with Gasteiger partial charge in [0.05, 0.1) is 18.5 Å². The van der Waals surface area contributed by atoms with E-state index >= 15 is 0 Å². The highest BCUT2D eigenvalue weighted by molar-refractivity contribution is 7.94. The molecule has 0 aromatic rings. The van der Waals surface area contributed by atoms with Crippen molar-refractivity contribution in [2.75, 3.05) is 37.9 Å². The van der Waals surface area contributed by atoms with Crippen LogP contribution in [0.15, 0.2) is 0 Å². The summed E-state index contributed by atoms with van der Waals surface area (Å²) < 4.78 is 43.8.